The van der Waals surface area contributed by atoms with Crippen molar-refractivity contribution in [2.75, 3.05) is 0 Å². The topological polar surface area (TPSA) is 88.9 Å². The van der Waals surface area contributed by atoms with Gasteiger partial charge in [0, 0.05) is 12.3 Å². The molecule has 0 atom stereocenters. The van der Waals surface area contributed by atoms with E-state index in [0.29, 0.717) is 5.56 Å². The first-order valence-electron chi connectivity index (χ1n) is 7.52. The molecular weight excluding hydrogens is 318 g/mol. The number of hydrogen-bond acceptors (Lipinski definition) is 4. The summed E-state index contributed by atoms with van der Waals surface area (Å²) in [4.78, 5) is 22.2. The van der Waals surface area contributed by atoms with Gasteiger partial charge in [-0.25, -0.2) is 0 Å². The van der Waals surface area contributed by atoms with Crippen LogP contribution < -0.4 is 5.56 Å². The highest BCUT2D eigenvalue weighted by Crippen LogP contribution is 2.23. The Kier molecular flexibility index (Phi) is 4.40. The van der Waals surface area contributed by atoms with E-state index in [1.165, 1.54) is 22.9 Å². The van der Waals surface area contributed by atoms with Crippen LogP contribution in [-0.2, 0) is 6.54 Å². The van der Waals surface area contributed by atoms with E-state index < -0.39 is 16.2 Å². The van der Waals surface area contributed by atoms with Crippen LogP contribution in [0.5, 0.6) is 0 Å². The molecule has 3 rings (SSSR count). The second-order valence-electron chi connectivity index (χ2n) is 5.44. The third-order valence-corrected chi connectivity index (χ3v) is 3.86. The minimum atomic E-state index is -0.680. The Hall–Kier alpha value is -3.72. The Bertz CT molecular complexity index is 1030. The van der Waals surface area contributed by atoms with Crippen molar-refractivity contribution in [3.8, 4) is 17.2 Å². The predicted molar refractivity (Wildman–Crippen MR) is 93.1 cm³/mol. The lowest BCUT2D eigenvalue weighted by Gasteiger charge is -2.08. The standard InChI is InChI=1S/C19H13N3O3/c20-12-16-4-1-2-5-17(16)15-9-7-14(8-10-15)13-21-11-3-6-18(19(21)23)22(24)25/h1-11H,13H2. The Morgan fingerprint density at radius 3 is 2.44 bits per heavy atom. The van der Waals surface area contributed by atoms with Crippen LogP contribution in [0.4, 0.5) is 5.69 Å². The van der Waals surface area contributed by atoms with Crippen LogP contribution in [0.15, 0.2) is 71.7 Å². The van der Waals surface area contributed by atoms with Gasteiger partial charge in [0.2, 0.25) is 0 Å². The molecule has 0 aliphatic carbocycles. The maximum Gasteiger partial charge on any atom is 0.334 e. The number of nitriles is 1. The number of nitrogens with zero attached hydrogens (tertiary/aromatic N) is 3. The highest BCUT2D eigenvalue weighted by molar-refractivity contribution is 5.70. The number of benzene rings is 2. The minimum Gasteiger partial charge on any atom is -0.305 e. The van der Waals surface area contributed by atoms with Gasteiger partial charge in [0.1, 0.15) is 0 Å². The van der Waals surface area contributed by atoms with Gasteiger partial charge in [0.05, 0.1) is 23.1 Å². The molecule has 0 aliphatic rings. The summed E-state index contributed by atoms with van der Waals surface area (Å²) >= 11 is 0. The molecule has 3 aromatic rings. The molecule has 0 aliphatic heterocycles. The fourth-order valence-corrected chi connectivity index (χ4v) is 2.61. The maximum atomic E-state index is 12.1. The van der Waals surface area contributed by atoms with Crippen molar-refractivity contribution in [3.63, 3.8) is 0 Å². The van der Waals surface area contributed by atoms with Crippen molar-refractivity contribution in [2.45, 2.75) is 6.54 Å². The van der Waals surface area contributed by atoms with Gasteiger partial charge in [-0.3, -0.25) is 14.9 Å². The van der Waals surface area contributed by atoms with Crippen LogP contribution in [0, 0.1) is 21.4 Å². The van der Waals surface area contributed by atoms with E-state index in [4.69, 9.17) is 0 Å². The summed E-state index contributed by atoms with van der Waals surface area (Å²) < 4.78 is 1.30. The average Bonchev–Trinajstić information content (AvgIpc) is 2.64. The molecule has 0 unspecified atom stereocenters. The van der Waals surface area contributed by atoms with E-state index >= 15 is 0 Å². The van der Waals surface area contributed by atoms with Gasteiger partial charge in [-0.1, -0.05) is 42.5 Å². The summed E-state index contributed by atoms with van der Waals surface area (Å²) in [6.07, 6.45) is 1.52. The Balaban J connectivity index is 1.90. The minimum absolute atomic E-state index is 0.237. The van der Waals surface area contributed by atoms with Gasteiger partial charge in [-0.2, -0.15) is 5.26 Å². The molecule has 122 valence electrons. The number of hydrogen-bond donors (Lipinski definition) is 0. The Morgan fingerprint density at radius 1 is 1.04 bits per heavy atom. The SMILES string of the molecule is N#Cc1ccccc1-c1ccc(Cn2cccc([N+](=O)[O-])c2=O)cc1. The van der Waals surface area contributed by atoms with Crippen molar-refractivity contribution in [1.82, 2.24) is 4.57 Å². The third-order valence-electron chi connectivity index (χ3n) is 3.86. The fourth-order valence-electron chi connectivity index (χ4n) is 2.61. The second kappa shape index (κ2) is 6.81. The highest BCUT2D eigenvalue weighted by atomic mass is 16.6. The molecule has 2 aromatic carbocycles. The van der Waals surface area contributed by atoms with Crippen LogP contribution in [0.2, 0.25) is 0 Å². The number of nitro groups is 1. The summed E-state index contributed by atoms with van der Waals surface area (Å²) in [6.45, 7) is 0.237. The largest absolute Gasteiger partial charge is 0.334 e. The summed E-state index contributed by atoms with van der Waals surface area (Å²) in [5.41, 5.74) is 2.08. The summed E-state index contributed by atoms with van der Waals surface area (Å²) in [7, 11) is 0. The molecular formula is C19H13N3O3. The lowest BCUT2D eigenvalue weighted by Crippen LogP contribution is -2.22. The van der Waals surface area contributed by atoms with Crippen LogP contribution >= 0.6 is 0 Å². The number of aromatic nitrogens is 1. The Labute approximate surface area is 143 Å². The summed E-state index contributed by atoms with van der Waals surface area (Å²) in [6, 6.07) is 19.6. The number of rotatable bonds is 4. The molecule has 0 N–H and O–H groups in total. The zero-order valence-electron chi connectivity index (χ0n) is 13.1. The fraction of sp³-hybridized carbons (Fsp3) is 0.0526. The van der Waals surface area contributed by atoms with E-state index in [0.717, 1.165) is 16.7 Å². The molecule has 25 heavy (non-hydrogen) atoms. The second-order valence-corrected chi connectivity index (χ2v) is 5.44. The zero-order valence-corrected chi connectivity index (χ0v) is 13.1. The quantitative estimate of drug-likeness (QED) is 0.542. The highest BCUT2D eigenvalue weighted by Gasteiger charge is 2.13. The van der Waals surface area contributed by atoms with Gasteiger partial charge in [0.15, 0.2) is 0 Å². The number of pyridine rings is 1. The van der Waals surface area contributed by atoms with Gasteiger partial charge in [0.25, 0.3) is 0 Å². The van der Waals surface area contributed by atoms with Crippen LogP contribution in [0.1, 0.15) is 11.1 Å². The van der Waals surface area contributed by atoms with Gasteiger partial charge < -0.3 is 4.57 Å². The monoisotopic (exact) mass is 331 g/mol. The smallest absolute Gasteiger partial charge is 0.305 e. The van der Waals surface area contributed by atoms with E-state index in [1.807, 2.05) is 42.5 Å². The van der Waals surface area contributed by atoms with Crippen LogP contribution in [0.3, 0.4) is 0 Å². The predicted octanol–water partition coefficient (Wildman–Crippen LogP) is 3.34. The maximum absolute atomic E-state index is 12.1. The molecule has 0 saturated heterocycles. The molecule has 0 amide bonds. The first kappa shape index (κ1) is 16.1. The molecule has 0 saturated carbocycles. The molecule has 6 heteroatoms. The molecule has 6 nitrogen and oxygen atoms in total. The molecule has 1 aromatic heterocycles. The molecule has 0 radical (unpaired) electrons. The lowest BCUT2D eigenvalue weighted by molar-refractivity contribution is -0.386. The molecule has 0 spiro atoms. The van der Waals surface area contributed by atoms with E-state index in [9.17, 15) is 20.2 Å². The normalized spacial score (nSPS) is 10.2. The third kappa shape index (κ3) is 3.31. The van der Waals surface area contributed by atoms with Crippen molar-refractivity contribution >= 4 is 5.69 Å². The average molecular weight is 331 g/mol. The van der Waals surface area contributed by atoms with E-state index in [-0.39, 0.29) is 6.54 Å². The van der Waals surface area contributed by atoms with Crippen molar-refractivity contribution < 1.29 is 4.92 Å². The first-order chi connectivity index (χ1) is 12.1. The molecule has 0 bridgehead atoms. The summed E-state index contributed by atoms with van der Waals surface area (Å²) in [5, 5.41) is 20.0. The van der Waals surface area contributed by atoms with Crippen molar-refractivity contribution in [1.29, 1.82) is 5.26 Å². The first-order valence-corrected chi connectivity index (χ1v) is 7.52. The Morgan fingerprint density at radius 2 is 1.76 bits per heavy atom. The van der Waals surface area contributed by atoms with Crippen molar-refractivity contribution in [3.05, 3.63) is 98.5 Å². The molecule has 1 heterocycles. The van der Waals surface area contributed by atoms with Gasteiger partial charge >= 0.3 is 11.2 Å². The van der Waals surface area contributed by atoms with Crippen LogP contribution in [0.25, 0.3) is 11.1 Å². The van der Waals surface area contributed by atoms with Gasteiger partial charge in [-0.05, 0) is 28.8 Å². The lowest BCUT2D eigenvalue weighted by atomic mass is 9.99. The summed E-state index contributed by atoms with van der Waals surface area (Å²) in [5.74, 6) is 0. The van der Waals surface area contributed by atoms with E-state index in [1.54, 1.807) is 6.07 Å². The van der Waals surface area contributed by atoms with Crippen molar-refractivity contribution in [2.24, 2.45) is 0 Å². The van der Waals surface area contributed by atoms with Gasteiger partial charge in [-0.15, -0.1) is 0 Å². The zero-order chi connectivity index (χ0) is 17.8. The van der Waals surface area contributed by atoms with E-state index in [2.05, 4.69) is 6.07 Å². The van der Waals surface area contributed by atoms with Crippen LogP contribution in [-0.4, -0.2) is 9.49 Å². The molecule has 0 fully saturated rings.